The van der Waals surface area contributed by atoms with E-state index >= 15 is 0 Å². The van der Waals surface area contributed by atoms with Crippen molar-refractivity contribution >= 4 is 21.7 Å². The highest BCUT2D eigenvalue weighted by Crippen LogP contribution is 2.28. The summed E-state index contributed by atoms with van der Waals surface area (Å²) in [5, 5.41) is 12.4. The number of aromatic nitrogens is 2. The molecule has 8 nitrogen and oxygen atoms in total. The fourth-order valence-electron chi connectivity index (χ4n) is 1.64. The third-order valence-corrected chi connectivity index (χ3v) is 4.35. The van der Waals surface area contributed by atoms with E-state index in [-0.39, 0.29) is 4.90 Å². The number of carbonyl (C=O) groups is 1. The Hall–Kier alpha value is -2.86. The lowest BCUT2D eigenvalue weighted by molar-refractivity contribution is 0.248. The van der Waals surface area contributed by atoms with Crippen LogP contribution >= 0.6 is 0 Å². The quantitative estimate of drug-likeness (QED) is 0.802. The number of hydrogen-bond acceptors (Lipinski definition) is 6. The maximum atomic E-state index is 12.4. The minimum atomic E-state index is -4.06. The molecule has 0 aliphatic rings. The van der Waals surface area contributed by atoms with Crippen molar-refractivity contribution < 1.29 is 13.2 Å². The maximum absolute atomic E-state index is 12.4. The number of carbonyl (C=O) groups excluding carboxylic acids is 1. The smallest absolute Gasteiger partial charge is 0.341 e. The maximum Gasteiger partial charge on any atom is 0.341 e. The van der Waals surface area contributed by atoms with Gasteiger partial charge >= 0.3 is 6.03 Å². The van der Waals surface area contributed by atoms with Gasteiger partial charge in [-0.3, -0.25) is 0 Å². The van der Waals surface area contributed by atoms with E-state index in [9.17, 15) is 13.2 Å². The SMILES string of the molecule is N#Cc1nn(C(N)=O)c(N)c1S(=O)(=O)c1ccccc1. The van der Waals surface area contributed by atoms with Gasteiger partial charge < -0.3 is 11.5 Å². The highest BCUT2D eigenvalue weighted by atomic mass is 32.2. The van der Waals surface area contributed by atoms with Gasteiger partial charge in [0.25, 0.3) is 0 Å². The normalized spacial score (nSPS) is 10.9. The first-order valence-corrected chi connectivity index (χ1v) is 6.76. The summed E-state index contributed by atoms with van der Waals surface area (Å²) in [6, 6.07) is 7.88. The predicted molar refractivity (Wildman–Crippen MR) is 68.2 cm³/mol. The van der Waals surface area contributed by atoms with Crippen LogP contribution in [0.5, 0.6) is 0 Å². The van der Waals surface area contributed by atoms with Gasteiger partial charge in [-0.15, -0.1) is 5.10 Å². The van der Waals surface area contributed by atoms with Crippen LogP contribution in [0.2, 0.25) is 0 Å². The molecule has 1 aromatic heterocycles. The van der Waals surface area contributed by atoms with Crippen molar-refractivity contribution in [3.63, 3.8) is 0 Å². The molecule has 0 fully saturated rings. The number of nitriles is 1. The van der Waals surface area contributed by atoms with E-state index in [0.29, 0.717) is 4.68 Å². The second-order valence-corrected chi connectivity index (χ2v) is 5.63. The first-order chi connectivity index (χ1) is 9.39. The first-order valence-electron chi connectivity index (χ1n) is 5.28. The van der Waals surface area contributed by atoms with Gasteiger partial charge in [-0.25, -0.2) is 13.2 Å². The van der Waals surface area contributed by atoms with Gasteiger partial charge in [-0.05, 0) is 12.1 Å². The van der Waals surface area contributed by atoms with Crippen LogP contribution < -0.4 is 11.5 Å². The van der Waals surface area contributed by atoms with Crippen LogP contribution in [0.1, 0.15) is 5.69 Å². The molecule has 0 atom stereocenters. The van der Waals surface area contributed by atoms with Crippen LogP contribution in [0, 0.1) is 11.3 Å². The van der Waals surface area contributed by atoms with Crippen molar-refractivity contribution in [1.29, 1.82) is 5.26 Å². The number of rotatable bonds is 2. The Morgan fingerprint density at radius 3 is 2.40 bits per heavy atom. The molecule has 2 aromatic rings. The van der Waals surface area contributed by atoms with Crippen molar-refractivity contribution in [3.05, 3.63) is 36.0 Å². The molecule has 0 bridgehead atoms. The molecule has 1 heterocycles. The van der Waals surface area contributed by atoms with Crippen molar-refractivity contribution in [2.75, 3.05) is 5.73 Å². The summed E-state index contributed by atoms with van der Waals surface area (Å²) in [6.07, 6.45) is 0. The van der Waals surface area contributed by atoms with Crippen LogP contribution in [0.25, 0.3) is 0 Å². The summed E-state index contributed by atoms with van der Waals surface area (Å²) in [6.45, 7) is 0. The average molecular weight is 291 g/mol. The van der Waals surface area contributed by atoms with E-state index in [4.69, 9.17) is 16.7 Å². The van der Waals surface area contributed by atoms with E-state index in [0.717, 1.165) is 0 Å². The minimum Gasteiger partial charge on any atom is -0.382 e. The van der Waals surface area contributed by atoms with Crippen molar-refractivity contribution in [1.82, 2.24) is 9.78 Å². The lowest BCUT2D eigenvalue weighted by atomic mass is 10.4. The Balaban J connectivity index is 2.77. The molecule has 9 heteroatoms. The van der Waals surface area contributed by atoms with E-state index in [1.54, 1.807) is 12.1 Å². The number of amides is 1. The predicted octanol–water partition coefficient (Wildman–Crippen LogP) is 0.0966. The molecule has 20 heavy (non-hydrogen) atoms. The highest BCUT2D eigenvalue weighted by molar-refractivity contribution is 7.91. The van der Waals surface area contributed by atoms with Gasteiger partial charge in [0.2, 0.25) is 9.84 Å². The zero-order valence-electron chi connectivity index (χ0n) is 10.0. The lowest BCUT2D eigenvalue weighted by Crippen LogP contribution is -2.22. The van der Waals surface area contributed by atoms with Gasteiger partial charge in [0.05, 0.1) is 4.90 Å². The van der Waals surface area contributed by atoms with Gasteiger partial charge in [0, 0.05) is 0 Å². The molecule has 1 aromatic carbocycles. The fraction of sp³-hybridized carbons (Fsp3) is 0. The van der Waals surface area contributed by atoms with Crippen LogP contribution in [-0.2, 0) is 9.84 Å². The zero-order valence-corrected chi connectivity index (χ0v) is 10.8. The molecular formula is C11H9N5O3S. The van der Waals surface area contributed by atoms with Crippen LogP contribution in [0.15, 0.2) is 40.1 Å². The Morgan fingerprint density at radius 1 is 1.30 bits per heavy atom. The molecule has 0 aliphatic heterocycles. The number of nitrogens with two attached hydrogens (primary N) is 2. The summed E-state index contributed by atoms with van der Waals surface area (Å²) in [5.74, 6) is -0.488. The monoisotopic (exact) mass is 291 g/mol. The molecule has 0 unspecified atom stereocenters. The second kappa shape index (κ2) is 4.67. The molecule has 0 radical (unpaired) electrons. The van der Waals surface area contributed by atoms with Gasteiger partial charge in [0.15, 0.2) is 16.4 Å². The zero-order chi connectivity index (χ0) is 14.9. The molecule has 102 valence electrons. The number of nitrogen functional groups attached to an aromatic ring is 1. The number of primary amides is 1. The van der Waals surface area contributed by atoms with Crippen molar-refractivity contribution in [2.24, 2.45) is 5.73 Å². The topological polar surface area (TPSA) is 145 Å². The van der Waals surface area contributed by atoms with Crippen molar-refractivity contribution in [3.8, 4) is 6.07 Å². The molecular weight excluding hydrogens is 282 g/mol. The Morgan fingerprint density at radius 2 is 1.90 bits per heavy atom. The van der Waals surface area contributed by atoms with Crippen molar-refractivity contribution in [2.45, 2.75) is 9.79 Å². The van der Waals surface area contributed by atoms with E-state index < -0.39 is 32.3 Å². The number of nitrogens with zero attached hydrogens (tertiary/aromatic N) is 3. The number of benzene rings is 1. The third-order valence-electron chi connectivity index (χ3n) is 2.51. The summed E-state index contributed by atoms with van der Waals surface area (Å²) in [5.41, 5.74) is 10.1. The van der Waals surface area contributed by atoms with E-state index in [1.807, 2.05) is 0 Å². The Bertz CT molecular complexity index is 818. The lowest BCUT2D eigenvalue weighted by Gasteiger charge is -2.03. The van der Waals surface area contributed by atoms with Gasteiger partial charge in [-0.1, -0.05) is 18.2 Å². The highest BCUT2D eigenvalue weighted by Gasteiger charge is 2.30. The first kappa shape index (κ1) is 13.6. The second-order valence-electron chi connectivity index (χ2n) is 3.74. The molecule has 0 saturated heterocycles. The molecule has 0 spiro atoms. The number of anilines is 1. The van der Waals surface area contributed by atoms with E-state index in [2.05, 4.69) is 5.10 Å². The Kier molecular flexibility index (Phi) is 3.17. The molecule has 0 saturated carbocycles. The fourth-order valence-corrected chi connectivity index (χ4v) is 3.09. The van der Waals surface area contributed by atoms with Crippen LogP contribution in [0.4, 0.5) is 10.6 Å². The number of hydrogen-bond donors (Lipinski definition) is 2. The molecule has 1 amide bonds. The standard InChI is InChI=1S/C11H9N5O3S/c12-6-8-9(10(13)16(15-8)11(14)17)20(18,19)7-4-2-1-3-5-7/h1-5H,13H2,(H2,14,17). The number of sulfone groups is 1. The average Bonchev–Trinajstić information content (AvgIpc) is 2.77. The molecule has 0 aliphatic carbocycles. The summed E-state index contributed by atoms with van der Waals surface area (Å²) < 4.78 is 25.3. The third kappa shape index (κ3) is 1.98. The summed E-state index contributed by atoms with van der Waals surface area (Å²) >= 11 is 0. The van der Waals surface area contributed by atoms with Crippen LogP contribution in [-0.4, -0.2) is 24.2 Å². The van der Waals surface area contributed by atoms with E-state index in [1.165, 1.54) is 24.3 Å². The van der Waals surface area contributed by atoms with Crippen LogP contribution in [0.3, 0.4) is 0 Å². The summed E-state index contributed by atoms with van der Waals surface area (Å²) in [4.78, 5) is 10.5. The Labute approximate surface area is 114 Å². The minimum absolute atomic E-state index is 0.0628. The summed E-state index contributed by atoms with van der Waals surface area (Å²) in [7, 11) is -4.06. The van der Waals surface area contributed by atoms with Gasteiger partial charge in [0.1, 0.15) is 6.07 Å². The molecule has 4 N–H and O–H groups in total. The van der Waals surface area contributed by atoms with Gasteiger partial charge in [-0.2, -0.15) is 9.94 Å². The molecule has 2 rings (SSSR count). The largest absolute Gasteiger partial charge is 0.382 e.